The summed E-state index contributed by atoms with van der Waals surface area (Å²) in [5.74, 6) is 0. The van der Waals surface area contributed by atoms with E-state index in [4.69, 9.17) is 4.74 Å². The second-order valence-electron chi connectivity index (χ2n) is 5.74. The Morgan fingerprint density at radius 2 is 1.95 bits per heavy atom. The number of hydrogen-bond acceptors (Lipinski definition) is 2. The van der Waals surface area contributed by atoms with Crippen molar-refractivity contribution in [1.82, 2.24) is 5.32 Å². The van der Waals surface area contributed by atoms with E-state index in [1.165, 1.54) is 35.6 Å². The van der Waals surface area contributed by atoms with Gasteiger partial charge in [0.1, 0.15) is 0 Å². The minimum atomic E-state index is 0.458. The molecule has 0 spiro atoms. The monoisotopic (exact) mass is 253 g/mol. The van der Waals surface area contributed by atoms with Gasteiger partial charge in [-0.2, -0.15) is 0 Å². The van der Waals surface area contributed by atoms with E-state index in [9.17, 15) is 0 Å². The smallest absolute Gasteiger partial charge is 0.0733 e. The van der Waals surface area contributed by atoms with Gasteiger partial charge in [-0.25, -0.2) is 0 Å². The standard InChI is InChI=1S/C17H19NO/c1-2-7-15-12(4-1)5-3-6-13(15)11-18-16-10-14-8-9-17(16)19-14/h1-7,14,16-18H,8-11H2. The Morgan fingerprint density at radius 3 is 2.79 bits per heavy atom. The first-order valence-electron chi connectivity index (χ1n) is 7.25. The lowest BCUT2D eigenvalue weighted by molar-refractivity contribution is 0.0973. The summed E-state index contributed by atoms with van der Waals surface area (Å²) in [6.45, 7) is 0.943. The summed E-state index contributed by atoms with van der Waals surface area (Å²) in [4.78, 5) is 0. The lowest BCUT2D eigenvalue weighted by Crippen LogP contribution is -2.37. The molecule has 2 aliphatic heterocycles. The van der Waals surface area contributed by atoms with Gasteiger partial charge in [-0.15, -0.1) is 0 Å². The first-order valence-corrected chi connectivity index (χ1v) is 7.25. The van der Waals surface area contributed by atoms with Crippen LogP contribution in [0.15, 0.2) is 42.5 Å². The highest BCUT2D eigenvalue weighted by molar-refractivity contribution is 5.85. The Balaban J connectivity index is 1.52. The van der Waals surface area contributed by atoms with Crippen molar-refractivity contribution in [1.29, 1.82) is 0 Å². The lowest BCUT2D eigenvalue weighted by Gasteiger charge is -2.20. The first-order chi connectivity index (χ1) is 9.40. The van der Waals surface area contributed by atoms with Crippen LogP contribution in [0, 0.1) is 0 Å². The maximum absolute atomic E-state index is 5.90. The van der Waals surface area contributed by atoms with Gasteiger partial charge in [0.15, 0.2) is 0 Å². The van der Waals surface area contributed by atoms with Crippen LogP contribution in [-0.2, 0) is 11.3 Å². The highest BCUT2D eigenvalue weighted by atomic mass is 16.5. The van der Waals surface area contributed by atoms with E-state index < -0.39 is 0 Å². The van der Waals surface area contributed by atoms with E-state index in [1.807, 2.05) is 0 Å². The Kier molecular flexibility index (Phi) is 2.78. The van der Waals surface area contributed by atoms with Crippen LogP contribution in [0.5, 0.6) is 0 Å². The van der Waals surface area contributed by atoms with Gasteiger partial charge in [-0.05, 0) is 35.6 Å². The van der Waals surface area contributed by atoms with Gasteiger partial charge in [-0.1, -0.05) is 42.5 Å². The third-order valence-corrected chi connectivity index (χ3v) is 4.54. The number of ether oxygens (including phenoxy) is 1. The van der Waals surface area contributed by atoms with Gasteiger partial charge in [0.25, 0.3) is 0 Å². The average molecular weight is 253 g/mol. The topological polar surface area (TPSA) is 21.3 Å². The van der Waals surface area contributed by atoms with Crippen molar-refractivity contribution in [2.75, 3.05) is 0 Å². The molecule has 3 atom stereocenters. The summed E-state index contributed by atoms with van der Waals surface area (Å²) < 4.78 is 5.90. The first kappa shape index (κ1) is 11.4. The predicted octanol–water partition coefficient (Wildman–Crippen LogP) is 3.25. The number of nitrogens with one attached hydrogen (secondary N) is 1. The number of rotatable bonds is 3. The van der Waals surface area contributed by atoms with Crippen LogP contribution in [0.1, 0.15) is 24.8 Å². The Labute approximate surface area is 113 Å². The summed E-state index contributed by atoms with van der Waals surface area (Å²) in [6, 6.07) is 15.7. The molecule has 2 nitrogen and oxygen atoms in total. The molecule has 4 rings (SSSR count). The molecule has 3 unspecified atom stereocenters. The summed E-state index contributed by atoms with van der Waals surface area (Å²) in [5, 5.41) is 6.38. The average Bonchev–Trinajstić information content (AvgIpc) is 3.07. The van der Waals surface area contributed by atoms with Gasteiger partial charge in [0, 0.05) is 12.6 Å². The third-order valence-electron chi connectivity index (χ3n) is 4.54. The fourth-order valence-electron chi connectivity index (χ4n) is 3.54. The SMILES string of the molecule is c1ccc2c(CNC3CC4CCC3O4)cccc2c1. The molecule has 2 saturated heterocycles. The molecule has 0 saturated carbocycles. The van der Waals surface area contributed by atoms with Crippen molar-refractivity contribution in [2.45, 2.75) is 44.1 Å². The highest BCUT2D eigenvalue weighted by Crippen LogP contribution is 2.34. The van der Waals surface area contributed by atoms with Crippen LogP contribution in [0.3, 0.4) is 0 Å². The predicted molar refractivity (Wildman–Crippen MR) is 77.1 cm³/mol. The van der Waals surface area contributed by atoms with Crippen LogP contribution < -0.4 is 5.32 Å². The molecule has 2 aromatic carbocycles. The Bertz CT molecular complexity index is 589. The highest BCUT2D eigenvalue weighted by Gasteiger charge is 2.40. The van der Waals surface area contributed by atoms with E-state index in [-0.39, 0.29) is 0 Å². The molecular formula is C17H19NO. The molecule has 19 heavy (non-hydrogen) atoms. The van der Waals surface area contributed by atoms with Gasteiger partial charge >= 0.3 is 0 Å². The summed E-state index contributed by atoms with van der Waals surface area (Å²) in [7, 11) is 0. The summed E-state index contributed by atoms with van der Waals surface area (Å²) in [6.07, 6.45) is 4.67. The number of hydrogen-bond donors (Lipinski definition) is 1. The van der Waals surface area contributed by atoms with Crippen molar-refractivity contribution in [3.8, 4) is 0 Å². The Morgan fingerprint density at radius 1 is 1.05 bits per heavy atom. The molecule has 2 fully saturated rings. The molecule has 1 N–H and O–H groups in total. The van der Waals surface area contributed by atoms with Crippen LogP contribution in [0.4, 0.5) is 0 Å². The van der Waals surface area contributed by atoms with Crippen molar-refractivity contribution in [2.24, 2.45) is 0 Å². The van der Waals surface area contributed by atoms with Crippen molar-refractivity contribution >= 4 is 10.8 Å². The maximum atomic E-state index is 5.90. The molecule has 0 aromatic heterocycles. The third kappa shape index (κ3) is 2.05. The quantitative estimate of drug-likeness (QED) is 0.906. The zero-order valence-corrected chi connectivity index (χ0v) is 11.0. The van der Waals surface area contributed by atoms with Gasteiger partial charge < -0.3 is 10.1 Å². The van der Waals surface area contributed by atoms with E-state index in [2.05, 4.69) is 47.8 Å². The summed E-state index contributed by atoms with van der Waals surface area (Å²) in [5.41, 5.74) is 1.39. The van der Waals surface area contributed by atoms with Gasteiger partial charge in [0.2, 0.25) is 0 Å². The molecule has 0 radical (unpaired) electrons. The number of fused-ring (bicyclic) bond motifs is 3. The van der Waals surface area contributed by atoms with E-state index in [1.54, 1.807) is 0 Å². The fourth-order valence-corrected chi connectivity index (χ4v) is 3.54. The molecular weight excluding hydrogens is 234 g/mol. The molecule has 98 valence electrons. The van der Waals surface area contributed by atoms with Crippen molar-refractivity contribution in [3.63, 3.8) is 0 Å². The second kappa shape index (κ2) is 4.62. The minimum Gasteiger partial charge on any atom is -0.373 e. The zero-order valence-electron chi connectivity index (χ0n) is 11.0. The lowest BCUT2D eigenvalue weighted by atomic mass is 9.95. The fraction of sp³-hybridized carbons (Fsp3) is 0.412. The molecule has 0 amide bonds. The molecule has 2 bridgehead atoms. The normalized spacial score (nSPS) is 29.2. The van der Waals surface area contributed by atoms with Crippen molar-refractivity contribution in [3.05, 3.63) is 48.0 Å². The molecule has 2 aliphatic rings. The Hall–Kier alpha value is -1.38. The van der Waals surface area contributed by atoms with Crippen LogP contribution in [0.2, 0.25) is 0 Å². The largest absolute Gasteiger partial charge is 0.373 e. The van der Waals surface area contributed by atoms with E-state index in [0.29, 0.717) is 18.2 Å². The number of benzene rings is 2. The van der Waals surface area contributed by atoms with Gasteiger partial charge in [0.05, 0.1) is 12.2 Å². The zero-order chi connectivity index (χ0) is 12.7. The van der Waals surface area contributed by atoms with Crippen molar-refractivity contribution < 1.29 is 4.74 Å². The van der Waals surface area contributed by atoms with Crippen LogP contribution in [-0.4, -0.2) is 18.2 Å². The molecule has 2 heterocycles. The van der Waals surface area contributed by atoms with E-state index in [0.717, 1.165) is 6.54 Å². The maximum Gasteiger partial charge on any atom is 0.0733 e. The minimum absolute atomic E-state index is 0.458. The van der Waals surface area contributed by atoms with Gasteiger partial charge in [-0.3, -0.25) is 0 Å². The van der Waals surface area contributed by atoms with E-state index >= 15 is 0 Å². The molecule has 2 aromatic rings. The molecule has 0 aliphatic carbocycles. The second-order valence-corrected chi connectivity index (χ2v) is 5.74. The summed E-state index contributed by atoms with van der Waals surface area (Å²) >= 11 is 0. The van der Waals surface area contributed by atoms with Crippen LogP contribution in [0.25, 0.3) is 10.8 Å². The van der Waals surface area contributed by atoms with Crippen LogP contribution >= 0.6 is 0 Å². The molecule has 2 heteroatoms.